The fraction of sp³-hybridized carbons (Fsp3) is 0.375. The van der Waals surface area contributed by atoms with E-state index in [4.69, 9.17) is 16.6 Å². The molecule has 2 amide bonds. The Labute approximate surface area is 215 Å². The van der Waals surface area contributed by atoms with E-state index in [0.29, 0.717) is 37.4 Å². The smallest absolute Gasteiger partial charge is 0.288 e. The number of rotatable bonds is 6. The average Bonchev–Trinajstić information content (AvgIpc) is 3.61. The van der Waals surface area contributed by atoms with E-state index < -0.39 is 4.92 Å². The largest absolute Gasteiger partial charge is 0.342 e. The zero-order valence-electron chi connectivity index (χ0n) is 18.8. The number of nitrogens with zero attached hydrogens (tertiary/aromatic N) is 4. The highest BCUT2D eigenvalue weighted by Gasteiger charge is 2.37. The van der Waals surface area contributed by atoms with Gasteiger partial charge in [0.15, 0.2) is 0 Å². The van der Waals surface area contributed by atoms with Crippen LogP contribution in [0, 0.1) is 16.0 Å². The van der Waals surface area contributed by atoms with E-state index in [0.717, 1.165) is 22.7 Å². The molecule has 2 aliphatic heterocycles. The van der Waals surface area contributed by atoms with Crippen LogP contribution >= 0.6 is 34.3 Å². The minimum absolute atomic E-state index is 0.0457. The number of likely N-dealkylation sites (tertiary alicyclic amines) is 2. The highest BCUT2D eigenvalue weighted by molar-refractivity contribution is 7.10. The summed E-state index contributed by atoms with van der Waals surface area (Å²) in [5, 5.41) is 16.2. The van der Waals surface area contributed by atoms with Gasteiger partial charge in [0.1, 0.15) is 5.02 Å². The summed E-state index contributed by atoms with van der Waals surface area (Å²) >= 11 is 9.09. The molecule has 5 rings (SSSR count). The van der Waals surface area contributed by atoms with Crippen LogP contribution in [-0.4, -0.2) is 51.2 Å². The van der Waals surface area contributed by atoms with Gasteiger partial charge in [0.25, 0.3) is 5.69 Å². The Morgan fingerprint density at radius 2 is 2.03 bits per heavy atom. The topological polar surface area (TPSA) is 96.6 Å². The number of piperidine rings is 1. The van der Waals surface area contributed by atoms with Gasteiger partial charge in [0.2, 0.25) is 11.8 Å². The molecular weight excluding hydrogens is 508 g/mol. The average molecular weight is 531 g/mol. The lowest BCUT2D eigenvalue weighted by molar-refractivity contribution is -0.384. The van der Waals surface area contributed by atoms with E-state index in [9.17, 15) is 19.7 Å². The summed E-state index contributed by atoms with van der Waals surface area (Å²) in [6.07, 6.45) is 1.89. The summed E-state index contributed by atoms with van der Waals surface area (Å²) in [4.78, 5) is 45.8. The number of benzene rings is 1. The molecule has 0 radical (unpaired) electrons. The fourth-order valence-electron chi connectivity index (χ4n) is 4.71. The van der Waals surface area contributed by atoms with E-state index in [1.807, 2.05) is 27.8 Å². The Bertz CT molecular complexity index is 1250. The molecule has 1 atom stereocenters. The van der Waals surface area contributed by atoms with E-state index in [1.165, 1.54) is 23.5 Å². The third-order valence-corrected chi connectivity index (χ3v) is 8.79. The molecule has 2 saturated heterocycles. The Morgan fingerprint density at radius 3 is 2.74 bits per heavy atom. The van der Waals surface area contributed by atoms with E-state index in [-0.39, 0.29) is 40.8 Å². The molecular formula is C24H23ClN4O4S2. The van der Waals surface area contributed by atoms with E-state index in [1.54, 1.807) is 22.3 Å². The van der Waals surface area contributed by atoms with E-state index in [2.05, 4.69) is 0 Å². The van der Waals surface area contributed by atoms with Crippen molar-refractivity contribution in [2.75, 3.05) is 19.6 Å². The lowest BCUT2D eigenvalue weighted by Gasteiger charge is -2.32. The van der Waals surface area contributed by atoms with Gasteiger partial charge in [-0.1, -0.05) is 23.7 Å². The summed E-state index contributed by atoms with van der Waals surface area (Å²) in [6, 6.07) is 8.69. The van der Waals surface area contributed by atoms with Gasteiger partial charge >= 0.3 is 0 Å². The summed E-state index contributed by atoms with van der Waals surface area (Å²) in [6.45, 7) is 2.34. The molecule has 11 heteroatoms. The predicted octanol–water partition coefficient (Wildman–Crippen LogP) is 5.19. The van der Waals surface area contributed by atoms with Crippen LogP contribution in [0.5, 0.6) is 0 Å². The molecule has 2 aliphatic rings. The first-order chi connectivity index (χ1) is 16.9. The van der Waals surface area contributed by atoms with Crippen molar-refractivity contribution in [3.63, 3.8) is 0 Å². The van der Waals surface area contributed by atoms with Gasteiger partial charge in [-0.15, -0.1) is 22.7 Å². The number of hydrogen-bond donors (Lipinski definition) is 0. The SMILES string of the molecule is O=C1CC(C(=O)N2CCC(c3nc(-c4ccc(Cl)c([N+](=O)[O-])c4)cs3)CC2)CN1Cc1cccs1. The number of aromatic nitrogens is 1. The molecule has 2 aromatic heterocycles. The van der Waals surface area contributed by atoms with Crippen molar-refractivity contribution < 1.29 is 14.5 Å². The van der Waals surface area contributed by atoms with Gasteiger partial charge in [0.05, 0.1) is 28.1 Å². The Kier molecular flexibility index (Phi) is 6.86. The monoisotopic (exact) mass is 530 g/mol. The molecule has 8 nitrogen and oxygen atoms in total. The Balaban J connectivity index is 1.18. The predicted molar refractivity (Wildman–Crippen MR) is 136 cm³/mol. The highest BCUT2D eigenvalue weighted by atomic mass is 35.5. The molecule has 0 aliphatic carbocycles. The van der Waals surface area contributed by atoms with Crippen LogP contribution in [0.3, 0.4) is 0 Å². The second-order valence-electron chi connectivity index (χ2n) is 8.85. The first-order valence-corrected chi connectivity index (χ1v) is 13.5. The standard InChI is InChI=1S/C24H23ClN4O4S2/c25-19-4-3-16(10-21(19)29(32)33)20-14-35-23(26-20)15-5-7-27(8-6-15)24(31)17-11-22(30)28(12-17)13-18-2-1-9-34-18/h1-4,9-10,14-15,17H,5-8,11-13H2. The normalized spacial score (nSPS) is 18.9. The third-order valence-electron chi connectivity index (χ3n) is 6.61. The molecule has 1 unspecified atom stereocenters. The molecule has 3 aromatic rings. The number of carbonyl (C=O) groups excluding carboxylic acids is 2. The summed E-state index contributed by atoms with van der Waals surface area (Å²) < 4.78 is 0. The molecule has 0 bridgehead atoms. The lowest BCUT2D eigenvalue weighted by atomic mass is 9.96. The highest BCUT2D eigenvalue weighted by Crippen LogP contribution is 2.36. The quantitative estimate of drug-likeness (QED) is 0.323. The summed E-state index contributed by atoms with van der Waals surface area (Å²) in [7, 11) is 0. The number of nitro benzene ring substituents is 1. The van der Waals surface area contributed by atoms with Crippen LogP contribution in [-0.2, 0) is 16.1 Å². The molecule has 0 N–H and O–H groups in total. The van der Waals surface area contributed by atoms with Crippen LogP contribution in [0.2, 0.25) is 5.02 Å². The number of carbonyl (C=O) groups is 2. The minimum atomic E-state index is -0.495. The first-order valence-electron chi connectivity index (χ1n) is 11.4. The maximum atomic E-state index is 13.1. The van der Waals surface area contributed by atoms with Crippen molar-refractivity contribution in [3.05, 3.63) is 66.1 Å². The molecule has 2 fully saturated rings. The fourth-order valence-corrected chi connectivity index (χ4v) is 6.61. The van der Waals surface area contributed by atoms with Crippen molar-refractivity contribution in [3.8, 4) is 11.3 Å². The van der Waals surface area contributed by atoms with E-state index >= 15 is 0 Å². The number of halogens is 1. The summed E-state index contributed by atoms with van der Waals surface area (Å²) in [5.41, 5.74) is 1.22. The van der Waals surface area contributed by atoms with Gasteiger partial charge in [-0.2, -0.15) is 0 Å². The minimum Gasteiger partial charge on any atom is -0.342 e. The molecule has 0 saturated carbocycles. The van der Waals surface area contributed by atoms with Crippen LogP contribution < -0.4 is 0 Å². The number of hydrogen-bond acceptors (Lipinski definition) is 7. The van der Waals surface area contributed by atoms with Crippen molar-refractivity contribution >= 4 is 51.8 Å². The zero-order valence-corrected chi connectivity index (χ0v) is 21.2. The van der Waals surface area contributed by atoms with Crippen molar-refractivity contribution in [1.82, 2.24) is 14.8 Å². The van der Waals surface area contributed by atoms with Gasteiger partial charge < -0.3 is 9.80 Å². The molecule has 35 heavy (non-hydrogen) atoms. The Hall–Kier alpha value is -2.82. The van der Waals surface area contributed by atoms with Crippen LogP contribution in [0.1, 0.15) is 35.1 Å². The Morgan fingerprint density at radius 1 is 1.23 bits per heavy atom. The summed E-state index contributed by atoms with van der Waals surface area (Å²) in [5.74, 6) is 0.0787. The van der Waals surface area contributed by atoms with Gasteiger partial charge in [-0.3, -0.25) is 19.7 Å². The van der Waals surface area contributed by atoms with Crippen LogP contribution in [0.25, 0.3) is 11.3 Å². The molecule has 1 aromatic carbocycles. The third kappa shape index (κ3) is 5.10. The maximum Gasteiger partial charge on any atom is 0.288 e. The van der Waals surface area contributed by atoms with Crippen molar-refractivity contribution in [2.45, 2.75) is 31.7 Å². The maximum absolute atomic E-state index is 13.1. The molecule has 0 spiro atoms. The van der Waals surface area contributed by atoms with Crippen molar-refractivity contribution in [2.24, 2.45) is 5.92 Å². The number of thiophene rings is 1. The van der Waals surface area contributed by atoms with Gasteiger partial charge in [-0.25, -0.2) is 4.98 Å². The second-order valence-corrected chi connectivity index (χ2v) is 11.2. The van der Waals surface area contributed by atoms with Gasteiger partial charge in [0, 0.05) is 53.9 Å². The molecule has 4 heterocycles. The lowest BCUT2D eigenvalue weighted by Crippen LogP contribution is -2.42. The van der Waals surface area contributed by atoms with Crippen LogP contribution in [0.4, 0.5) is 5.69 Å². The van der Waals surface area contributed by atoms with Crippen LogP contribution in [0.15, 0.2) is 41.1 Å². The zero-order chi connectivity index (χ0) is 24.5. The first kappa shape index (κ1) is 23.9. The number of thiazole rings is 1. The second kappa shape index (κ2) is 10.0. The van der Waals surface area contributed by atoms with Gasteiger partial charge in [-0.05, 0) is 30.4 Å². The number of amides is 2. The number of nitro groups is 1. The molecule has 182 valence electrons. The van der Waals surface area contributed by atoms with Crippen molar-refractivity contribution in [1.29, 1.82) is 0 Å².